The SMILES string of the molecule is C#CCCc1c(OC)cc(C)c(Cl)c1C. The third kappa shape index (κ3) is 2.46. The van der Waals surface area contributed by atoms with E-state index in [-0.39, 0.29) is 0 Å². The molecule has 0 radical (unpaired) electrons. The van der Waals surface area contributed by atoms with Crippen LogP contribution in [-0.4, -0.2) is 7.11 Å². The largest absolute Gasteiger partial charge is 0.496 e. The number of aryl methyl sites for hydroxylation is 1. The minimum Gasteiger partial charge on any atom is -0.496 e. The maximum atomic E-state index is 6.18. The number of rotatable bonds is 3. The lowest BCUT2D eigenvalue weighted by atomic mass is 10.00. The summed E-state index contributed by atoms with van der Waals surface area (Å²) >= 11 is 6.18. The zero-order valence-electron chi connectivity index (χ0n) is 9.36. The van der Waals surface area contributed by atoms with Crippen molar-refractivity contribution in [3.63, 3.8) is 0 Å². The first-order chi connectivity index (χ1) is 7.11. The maximum Gasteiger partial charge on any atom is 0.122 e. The first-order valence-corrected chi connectivity index (χ1v) is 5.25. The van der Waals surface area contributed by atoms with Crippen LogP contribution in [0.2, 0.25) is 5.02 Å². The van der Waals surface area contributed by atoms with Crippen molar-refractivity contribution >= 4 is 11.6 Å². The van der Waals surface area contributed by atoms with Gasteiger partial charge in [-0.1, -0.05) is 11.6 Å². The molecule has 1 aromatic rings. The molecule has 0 amide bonds. The molecular formula is C13H15ClO. The average Bonchev–Trinajstić information content (AvgIpc) is 2.24. The molecule has 0 aromatic heterocycles. The van der Waals surface area contributed by atoms with Gasteiger partial charge in [-0.3, -0.25) is 0 Å². The lowest BCUT2D eigenvalue weighted by Crippen LogP contribution is -1.98. The molecule has 0 aliphatic carbocycles. The smallest absolute Gasteiger partial charge is 0.122 e. The van der Waals surface area contributed by atoms with Crippen molar-refractivity contribution in [2.45, 2.75) is 26.7 Å². The Labute approximate surface area is 96.4 Å². The highest BCUT2D eigenvalue weighted by atomic mass is 35.5. The van der Waals surface area contributed by atoms with Gasteiger partial charge in [0.2, 0.25) is 0 Å². The summed E-state index contributed by atoms with van der Waals surface area (Å²) in [5.74, 6) is 3.51. The predicted octanol–water partition coefficient (Wildman–Crippen LogP) is 3.53. The summed E-state index contributed by atoms with van der Waals surface area (Å²) in [7, 11) is 1.67. The van der Waals surface area contributed by atoms with Crippen molar-refractivity contribution in [1.29, 1.82) is 0 Å². The molecule has 0 aliphatic rings. The molecule has 0 fully saturated rings. The Hall–Kier alpha value is -1.13. The number of terminal acetylenes is 1. The summed E-state index contributed by atoms with van der Waals surface area (Å²) < 4.78 is 5.33. The molecule has 1 aromatic carbocycles. The molecule has 0 aliphatic heterocycles. The molecular weight excluding hydrogens is 208 g/mol. The van der Waals surface area contributed by atoms with Crippen LogP contribution in [0.1, 0.15) is 23.1 Å². The molecule has 0 N–H and O–H groups in total. The van der Waals surface area contributed by atoms with Crippen molar-refractivity contribution in [2.24, 2.45) is 0 Å². The second kappa shape index (κ2) is 5.09. The van der Waals surface area contributed by atoms with Gasteiger partial charge in [-0.25, -0.2) is 0 Å². The zero-order valence-corrected chi connectivity index (χ0v) is 10.1. The zero-order chi connectivity index (χ0) is 11.4. The Balaban J connectivity index is 3.22. The van der Waals surface area contributed by atoms with Gasteiger partial charge in [0.15, 0.2) is 0 Å². The number of ether oxygens (including phenoxy) is 1. The van der Waals surface area contributed by atoms with E-state index in [9.17, 15) is 0 Å². The van der Waals surface area contributed by atoms with Crippen LogP contribution in [-0.2, 0) is 6.42 Å². The fourth-order valence-electron chi connectivity index (χ4n) is 1.65. The minimum atomic E-state index is 0.705. The molecule has 1 rings (SSSR count). The number of methoxy groups -OCH3 is 1. The van der Waals surface area contributed by atoms with E-state index >= 15 is 0 Å². The van der Waals surface area contributed by atoms with Gasteiger partial charge in [-0.2, -0.15) is 0 Å². The summed E-state index contributed by atoms with van der Waals surface area (Å²) in [6, 6.07) is 1.96. The lowest BCUT2D eigenvalue weighted by molar-refractivity contribution is 0.409. The summed E-state index contributed by atoms with van der Waals surface area (Å²) in [4.78, 5) is 0. The highest BCUT2D eigenvalue weighted by Crippen LogP contribution is 2.32. The van der Waals surface area contributed by atoms with Crippen LogP contribution in [0.25, 0.3) is 0 Å². The molecule has 15 heavy (non-hydrogen) atoms. The first-order valence-electron chi connectivity index (χ1n) is 4.87. The number of hydrogen-bond acceptors (Lipinski definition) is 1. The summed E-state index contributed by atoms with van der Waals surface area (Å²) in [5.41, 5.74) is 3.23. The van der Waals surface area contributed by atoms with Gasteiger partial charge in [0.1, 0.15) is 5.75 Å². The third-order valence-electron chi connectivity index (χ3n) is 2.51. The van der Waals surface area contributed by atoms with Gasteiger partial charge in [0.25, 0.3) is 0 Å². The normalized spacial score (nSPS) is 9.80. The van der Waals surface area contributed by atoms with E-state index in [0.717, 1.165) is 33.9 Å². The van der Waals surface area contributed by atoms with E-state index in [1.54, 1.807) is 7.11 Å². The van der Waals surface area contributed by atoms with E-state index < -0.39 is 0 Å². The number of hydrogen-bond donors (Lipinski definition) is 0. The molecule has 0 saturated carbocycles. The van der Waals surface area contributed by atoms with Crippen LogP contribution in [0, 0.1) is 26.2 Å². The highest BCUT2D eigenvalue weighted by molar-refractivity contribution is 6.32. The van der Waals surface area contributed by atoms with Gasteiger partial charge >= 0.3 is 0 Å². The molecule has 2 heteroatoms. The number of benzene rings is 1. The average molecular weight is 223 g/mol. The van der Waals surface area contributed by atoms with E-state index in [2.05, 4.69) is 5.92 Å². The molecule has 80 valence electrons. The van der Waals surface area contributed by atoms with Crippen molar-refractivity contribution in [3.8, 4) is 18.1 Å². The van der Waals surface area contributed by atoms with Crippen LogP contribution in [0.4, 0.5) is 0 Å². The van der Waals surface area contributed by atoms with Crippen molar-refractivity contribution in [2.75, 3.05) is 7.11 Å². The first kappa shape index (κ1) is 11.9. The lowest BCUT2D eigenvalue weighted by Gasteiger charge is -2.14. The van der Waals surface area contributed by atoms with Gasteiger partial charge in [-0.05, 0) is 43.0 Å². The Kier molecular flexibility index (Phi) is 4.05. The summed E-state index contributed by atoms with van der Waals surface area (Å²) in [5, 5.41) is 0.808. The van der Waals surface area contributed by atoms with Gasteiger partial charge in [0.05, 0.1) is 7.11 Å². The van der Waals surface area contributed by atoms with Crippen LogP contribution in [0.3, 0.4) is 0 Å². The van der Waals surface area contributed by atoms with Crippen LogP contribution in [0.5, 0.6) is 5.75 Å². The third-order valence-corrected chi connectivity index (χ3v) is 3.09. The van der Waals surface area contributed by atoms with Crippen LogP contribution >= 0.6 is 11.6 Å². The summed E-state index contributed by atoms with van der Waals surface area (Å²) in [6.07, 6.45) is 6.78. The molecule has 0 heterocycles. The topological polar surface area (TPSA) is 9.23 Å². The maximum absolute atomic E-state index is 6.18. The predicted molar refractivity (Wildman–Crippen MR) is 64.6 cm³/mol. The quantitative estimate of drug-likeness (QED) is 0.711. The molecule has 1 nitrogen and oxygen atoms in total. The van der Waals surface area contributed by atoms with Crippen molar-refractivity contribution in [1.82, 2.24) is 0 Å². The second-order valence-corrected chi connectivity index (χ2v) is 3.90. The standard InChI is InChI=1S/C13H15ClO/c1-5-6-7-11-10(3)13(14)9(2)8-12(11)15-4/h1,8H,6-7H2,2-4H3. The van der Waals surface area contributed by atoms with Gasteiger partial charge in [0, 0.05) is 11.4 Å². The monoisotopic (exact) mass is 222 g/mol. The fraction of sp³-hybridized carbons (Fsp3) is 0.385. The number of halogens is 1. The van der Waals surface area contributed by atoms with Crippen LogP contribution in [0.15, 0.2) is 6.07 Å². The molecule has 0 spiro atoms. The van der Waals surface area contributed by atoms with Crippen molar-refractivity contribution in [3.05, 3.63) is 27.8 Å². The van der Waals surface area contributed by atoms with Gasteiger partial charge < -0.3 is 4.74 Å². The Morgan fingerprint density at radius 2 is 2.13 bits per heavy atom. The van der Waals surface area contributed by atoms with Gasteiger partial charge in [-0.15, -0.1) is 12.3 Å². The fourth-order valence-corrected chi connectivity index (χ4v) is 1.82. The minimum absolute atomic E-state index is 0.705. The Bertz CT molecular complexity index is 402. The molecule has 0 bridgehead atoms. The Morgan fingerprint density at radius 3 is 2.67 bits per heavy atom. The molecule has 0 atom stereocenters. The summed E-state index contributed by atoms with van der Waals surface area (Å²) in [6.45, 7) is 3.98. The van der Waals surface area contributed by atoms with E-state index in [1.165, 1.54) is 0 Å². The van der Waals surface area contributed by atoms with Crippen molar-refractivity contribution < 1.29 is 4.74 Å². The van der Waals surface area contributed by atoms with E-state index in [1.807, 2.05) is 19.9 Å². The Morgan fingerprint density at radius 1 is 1.47 bits per heavy atom. The molecule has 0 unspecified atom stereocenters. The highest BCUT2D eigenvalue weighted by Gasteiger charge is 2.11. The second-order valence-electron chi connectivity index (χ2n) is 3.52. The molecule has 0 saturated heterocycles. The van der Waals surface area contributed by atoms with E-state index in [0.29, 0.717) is 6.42 Å². The van der Waals surface area contributed by atoms with Crippen LogP contribution < -0.4 is 4.74 Å². The van der Waals surface area contributed by atoms with E-state index in [4.69, 9.17) is 22.8 Å².